The second kappa shape index (κ2) is 9.05. The molecule has 4 rings (SSSR count). The average molecular weight is 456 g/mol. The Morgan fingerprint density at radius 3 is 2.64 bits per heavy atom. The van der Waals surface area contributed by atoms with E-state index in [-0.39, 0.29) is 13.2 Å². The highest BCUT2D eigenvalue weighted by Gasteiger charge is 2.26. The summed E-state index contributed by atoms with van der Waals surface area (Å²) in [5.74, 6) is 1.80. The summed E-state index contributed by atoms with van der Waals surface area (Å²) in [6, 6.07) is 5.81. The molecular formula is C24H33N5O4. The van der Waals surface area contributed by atoms with E-state index in [2.05, 4.69) is 11.8 Å². The number of fused-ring (bicyclic) bond motifs is 1. The number of ether oxygens (including phenoxy) is 1. The Labute approximate surface area is 192 Å². The van der Waals surface area contributed by atoms with Crippen LogP contribution in [-0.4, -0.2) is 49.6 Å². The number of hydrogen-bond donors (Lipinski definition) is 1. The molecule has 1 aliphatic heterocycles. The third-order valence-electron chi connectivity index (χ3n) is 6.58. The number of piperidine rings is 1. The fraction of sp³-hybridized carbons (Fsp3) is 0.542. The number of nitrogens with zero attached hydrogens (tertiary/aromatic N) is 5. The number of imidazole rings is 1. The van der Waals surface area contributed by atoms with E-state index in [1.165, 1.54) is 17.2 Å². The molecule has 0 saturated carbocycles. The second-order valence-corrected chi connectivity index (χ2v) is 9.30. The third-order valence-corrected chi connectivity index (χ3v) is 6.58. The first-order chi connectivity index (χ1) is 15.7. The number of anilines is 1. The normalized spacial score (nSPS) is 17.5. The Hall–Kier alpha value is -3.07. The minimum absolute atomic E-state index is 0.0735. The molecule has 3 aromatic rings. The number of rotatable bonds is 6. The summed E-state index contributed by atoms with van der Waals surface area (Å²) < 4.78 is 10.1. The Morgan fingerprint density at radius 2 is 1.94 bits per heavy atom. The van der Waals surface area contributed by atoms with Crippen LogP contribution in [0.2, 0.25) is 0 Å². The predicted octanol–water partition coefficient (Wildman–Crippen LogP) is 1.73. The van der Waals surface area contributed by atoms with Crippen LogP contribution in [0.1, 0.15) is 30.9 Å². The van der Waals surface area contributed by atoms with E-state index in [1.807, 2.05) is 32.0 Å². The molecule has 9 nitrogen and oxygen atoms in total. The first-order valence-corrected chi connectivity index (χ1v) is 11.5. The maximum Gasteiger partial charge on any atom is 0.332 e. The number of aryl methyl sites for hydroxylation is 3. The molecule has 1 saturated heterocycles. The number of hydrogen-bond acceptors (Lipinski definition) is 6. The van der Waals surface area contributed by atoms with Gasteiger partial charge in [-0.2, -0.15) is 4.98 Å². The highest BCUT2D eigenvalue weighted by atomic mass is 16.5. The van der Waals surface area contributed by atoms with Gasteiger partial charge in [0.1, 0.15) is 18.5 Å². The van der Waals surface area contributed by atoms with Gasteiger partial charge in [-0.1, -0.05) is 13.0 Å². The minimum atomic E-state index is -0.869. The smallest absolute Gasteiger partial charge is 0.332 e. The summed E-state index contributed by atoms with van der Waals surface area (Å²) in [5, 5.41) is 10.9. The highest BCUT2D eigenvalue weighted by Crippen LogP contribution is 2.26. The average Bonchev–Trinajstić information content (AvgIpc) is 3.16. The summed E-state index contributed by atoms with van der Waals surface area (Å²) in [6.45, 7) is 8.08. The molecule has 0 unspecified atom stereocenters. The Kier molecular flexibility index (Phi) is 6.34. The van der Waals surface area contributed by atoms with Crippen molar-refractivity contribution in [1.29, 1.82) is 0 Å². The molecule has 0 spiro atoms. The minimum Gasteiger partial charge on any atom is -0.491 e. The highest BCUT2D eigenvalue weighted by molar-refractivity contribution is 5.74. The molecule has 1 aliphatic rings. The lowest BCUT2D eigenvalue weighted by Gasteiger charge is -2.32. The third kappa shape index (κ3) is 4.42. The fourth-order valence-electron chi connectivity index (χ4n) is 4.48. The van der Waals surface area contributed by atoms with Crippen LogP contribution in [0.25, 0.3) is 11.2 Å². The Balaban J connectivity index is 1.69. The lowest BCUT2D eigenvalue weighted by atomic mass is 10.0. The summed E-state index contributed by atoms with van der Waals surface area (Å²) >= 11 is 0. The van der Waals surface area contributed by atoms with Crippen LogP contribution in [0.4, 0.5) is 5.95 Å². The predicted molar refractivity (Wildman–Crippen MR) is 128 cm³/mol. The summed E-state index contributed by atoms with van der Waals surface area (Å²) in [4.78, 5) is 32.4. The number of aromatic nitrogens is 4. The zero-order valence-corrected chi connectivity index (χ0v) is 20.0. The molecule has 3 heterocycles. The Morgan fingerprint density at radius 1 is 1.18 bits per heavy atom. The summed E-state index contributed by atoms with van der Waals surface area (Å²) in [6.07, 6.45) is 1.30. The molecule has 2 aromatic heterocycles. The van der Waals surface area contributed by atoms with Crippen LogP contribution in [0, 0.1) is 19.8 Å². The molecule has 0 bridgehead atoms. The van der Waals surface area contributed by atoms with Gasteiger partial charge in [0.15, 0.2) is 11.2 Å². The van der Waals surface area contributed by atoms with Crippen LogP contribution >= 0.6 is 0 Å². The number of aliphatic hydroxyl groups excluding tert-OH is 1. The fourth-order valence-corrected chi connectivity index (χ4v) is 4.48. The van der Waals surface area contributed by atoms with Crippen molar-refractivity contribution in [3.05, 3.63) is 50.2 Å². The maximum absolute atomic E-state index is 13.1. The number of benzene rings is 1. The standard InChI is InChI=1S/C24H33N5O4/c1-15-7-6-10-28(12-15)23-25-21-20(22(31)27(5)24(32)26(21)4)29(23)13-18(30)14-33-19-9-8-16(2)17(3)11-19/h8-9,11,15,18,30H,6-7,10,12-14H2,1-5H3/t15-,18+/m1/s1. The monoisotopic (exact) mass is 455 g/mol. The van der Waals surface area contributed by atoms with Gasteiger partial charge in [-0.3, -0.25) is 13.9 Å². The summed E-state index contributed by atoms with van der Waals surface area (Å²) in [7, 11) is 3.08. The molecule has 2 atom stereocenters. The van der Waals surface area contributed by atoms with Crippen LogP contribution in [0.15, 0.2) is 27.8 Å². The molecule has 178 valence electrons. The van der Waals surface area contributed by atoms with Crippen LogP contribution < -0.4 is 20.9 Å². The van der Waals surface area contributed by atoms with E-state index in [0.29, 0.717) is 28.8 Å². The largest absolute Gasteiger partial charge is 0.491 e. The van der Waals surface area contributed by atoms with Gasteiger partial charge in [0.05, 0.1) is 6.54 Å². The van der Waals surface area contributed by atoms with Gasteiger partial charge in [0, 0.05) is 27.2 Å². The van der Waals surface area contributed by atoms with Crippen molar-refractivity contribution in [2.45, 2.75) is 46.3 Å². The van der Waals surface area contributed by atoms with Gasteiger partial charge in [0.25, 0.3) is 5.56 Å². The molecule has 1 fully saturated rings. The van der Waals surface area contributed by atoms with Gasteiger partial charge in [-0.25, -0.2) is 4.79 Å². The topological polar surface area (TPSA) is 94.5 Å². The second-order valence-electron chi connectivity index (χ2n) is 9.30. The molecule has 9 heteroatoms. The van der Waals surface area contributed by atoms with Crippen molar-refractivity contribution in [2.75, 3.05) is 24.6 Å². The quantitative estimate of drug-likeness (QED) is 0.608. The van der Waals surface area contributed by atoms with Crippen molar-refractivity contribution in [2.24, 2.45) is 20.0 Å². The lowest BCUT2D eigenvalue weighted by Crippen LogP contribution is -2.39. The van der Waals surface area contributed by atoms with E-state index in [4.69, 9.17) is 9.72 Å². The molecule has 0 radical (unpaired) electrons. The van der Waals surface area contributed by atoms with E-state index in [9.17, 15) is 14.7 Å². The molecular weight excluding hydrogens is 422 g/mol. The van der Waals surface area contributed by atoms with Gasteiger partial charge in [-0.05, 0) is 55.9 Å². The Bertz CT molecular complexity index is 1290. The van der Waals surface area contributed by atoms with Crippen LogP contribution in [-0.2, 0) is 20.6 Å². The van der Waals surface area contributed by atoms with Crippen LogP contribution in [0.5, 0.6) is 5.75 Å². The van der Waals surface area contributed by atoms with Crippen molar-refractivity contribution in [3.63, 3.8) is 0 Å². The lowest BCUT2D eigenvalue weighted by molar-refractivity contribution is 0.0935. The van der Waals surface area contributed by atoms with Crippen molar-refractivity contribution >= 4 is 17.1 Å². The van der Waals surface area contributed by atoms with E-state index in [1.54, 1.807) is 11.6 Å². The maximum atomic E-state index is 13.1. The SMILES string of the molecule is Cc1ccc(OC[C@@H](O)Cn2c(N3CCC[C@@H](C)C3)nc3c2c(=O)n(C)c(=O)n3C)cc1C. The zero-order valence-electron chi connectivity index (χ0n) is 20.0. The van der Waals surface area contributed by atoms with Gasteiger partial charge >= 0.3 is 5.69 Å². The van der Waals surface area contributed by atoms with Crippen molar-refractivity contribution in [1.82, 2.24) is 18.7 Å². The van der Waals surface area contributed by atoms with E-state index >= 15 is 0 Å². The van der Waals surface area contributed by atoms with Crippen molar-refractivity contribution in [3.8, 4) is 5.75 Å². The van der Waals surface area contributed by atoms with Crippen LogP contribution in [0.3, 0.4) is 0 Å². The van der Waals surface area contributed by atoms with Gasteiger partial charge < -0.3 is 19.3 Å². The molecule has 33 heavy (non-hydrogen) atoms. The van der Waals surface area contributed by atoms with Gasteiger partial charge in [-0.15, -0.1) is 0 Å². The first-order valence-electron chi connectivity index (χ1n) is 11.5. The van der Waals surface area contributed by atoms with Crippen molar-refractivity contribution < 1.29 is 9.84 Å². The summed E-state index contributed by atoms with van der Waals surface area (Å²) in [5.41, 5.74) is 2.10. The number of aliphatic hydroxyl groups is 1. The van der Waals surface area contributed by atoms with Gasteiger partial charge in [0.2, 0.25) is 5.95 Å². The van der Waals surface area contributed by atoms with E-state index < -0.39 is 17.4 Å². The molecule has 1 aromatic carbocycles. The first kappa shape index (κ1) is 23.1. The molecule has 0 aliphatic carbocycles. The molecule has 1 N–H and O–H groups in total. The molecule has 0 amide bonds. The zero-order chi connectivity index (χ0) is 23.9. The van der Waals surface area contributed by atoms with E-state index in [0.717, 1.165) is 36.1 Å².